The molecule has 4 rings (SSSR count). The molecule has 23 heavy (non-hydrogen) atoms. The third-order valence-electron chi connectivity index (χ3n) is 5.89. The van der Waals surface area contributed by atoms with E-state index in [1.54, 1.807) is 0 Å². The number of rotatable bonds is 6. The highest BCUT2D eigenvalue weighted by molar-refractivity contribution is 5.20. The molecule has 3 heteroatoms. The summed E-state index contributed by atoms with van der Waals surface area (Å²) in [7, 11) is 0. The fourth-order valence-electron chi connectivity index (χ4n) is 4.49. The highest BCUT2D eigenvalue weighted by Gasteiger charge is 2.42. The van der Waals surface area contributed by atoms with E-state index in [4.69, 9.17) is 4.74 Å². The number of piperidine rings is 1. The van der Waals surface area contributed by atoms with Crippen molar-refractivity contribution in [1.29, 1.82) is 0 Å². The van der Waals surface area contributed by atoms with Crippen molar-refractivity contribution in [1.82, 2.24) is 9.80 Å². The van der Waals surface area contributed by atoms with E-state index in [0.717, 1.165) is 24.8 Å². The lowest BCUT2D eigenvalue weighted by Gasteiger charge is -2.40. The van der Waals surface area contributed by atoms with Crippen LogP contribution in [0.15, 0.2) is 30.3 Å². The maximum absolute atomic E-state index is 5.89. The van der Waals surface area contributed by atoms with Crippen molar-refractivity contribution >= 4 is 0 Å². The molecular formula is C20H30N2O. The zero-order valence-electron chi connectivity index (χ0n) is 14.3. The number of likely N-dealkylation sites (tertiary alicyclic amines) is 2. The standard InChI is InChI=1S/C20H30N2O/c1-2-5-19(6-3-1)23-14-13-21-11-4-9-20(16-21)10-12-22(17-20)15-18-7-8-18/h1-3,5-6,18H,4,7-17H2/t20-/m1/s1. The van der Waals surface area contributed by atoms with Crippen LogP contribution in [0.3, 0.4) is 0 Å². The van der Waals surface area contributed by atoms with Crippen molar-refractivity contribution in [3.63, 3.8) is 0 Å². The average molecular weight is 314 g/mol. The second-order valence-electron chi connectivity index (χ2n) is 7.97. The minimum absolute atomic E-state index is 0.583. The molecule has 0 aromatic heterocycles. The fraction of sp³-hybridized carbons (Fsp3) is 0.700. The third-order valence-corrected chi connectivity index (χ3v) is 5.89. The molecule has 0 radical (unpaired) electrons. The smallest absolute Gasteiger partial charge is 0.119 e. The Labute approximate surface area is 140 Å². The van der Waals surface area contributed by atoms with Gasteiger partial charge in [0.25, 0.3) is 0 Å². The van der Waals surface area contributed by atoms with Crippen molar-refractivity contribution in [2.45, 2.75) is 32.1 Å². The Balaban J connectivity index is 1.24. The van der Waals surface area contributed by atoms with Gasteiger partial charge in [0.2, 0.25) is 0 Å². The second-order valence-corrected chi connectivity index (χ2v) is 7.97. The van der Waals surface area contributed by atoms with Crippen LogP contribution in [0.4, 0.5) is 0 Å². The van der Waals surface area contributed by atoms with Crippen molar-refractivity contribution in [3.05, 3.63) is 30.3 Å². The van der Waals surface area contributed by atoms with Crippen LogP contribution in [-0.2, 0) is 0 Å². The van der Waals surface area contributed by atoms with Crippen LogP contribution < -0.4 is 4.74 Å². The van der Waals surface area contributed by atoms with Gasteiger partial charge in [-0.15, -0.1) is 0 Å². The van der Waals surface area contributed by atoms with Gasteiger partial charge in [-0.1, -0.05) is 18.2 Å². The molecule has 2 aliphatic heterocycles. The molecule has 0 amide bonds. The van der Waals surface area contributed by atoms with Gasteiger partial charge in [0.05, 0.1) is 0 Å². The van der Waals surface area contributed by atoms with Gasteiger partial charge in [-0.25, -0.2) is 0 Å². The van der Waals surface area contributed by atoms with Crippen molar-refractivity contribution < 1.29 is 4.74 Å². The monoisotopic (exact) mass is 314 g/mol. The molecule has 1 aromatic carbocycles. The summed E-state index contributed by atoms with van der Waals surface area (Å²) in [5.74, 6) is 2.03. The first-order valence-electron chi connectivity index (χ1n) is 9.44. The normalized spacial score (nSPS) is 29.2. The lowest BCUT2D eigenvalue weighted by Crippen LogP contribution is -2.46. The molecule has 0 unspecified atom stereocenters. The molecule has 2 heterocycles. The summed E-state index contributed by atoms with van der Waals surface area (Å²) >= 11 is 0. The number of nitrogens with zero attached hydrogens (tertiary/aromatic N) is 2. The maximum atomic E-state index is 5.89. The maximum Gasteiger partial charge on any atom is 0.119 e. The van der Waals surface area contributed by atoms with Crippen LogP contribution in [0.25, 0.3) is 0 Å². The van der Waals surface area contributed by atoms with Gasteiger partial charge in [0.15, 0.2) is 0 Å². The Morgan fingerprint density at radius 2 is 1.83 bits per heavy atom. The molecule has 0 N–H and O–H groups in total. The molecule has 1 atom stereocenters. The lowest BCUT2D eigenvalue weighted by atomic mass is 9.79. The molecule has 3 aliphatic rings. The first-order chi connectivity index (χ1) is 11.3. The van der Waals surface area contributed by atoms with Crippen LogP contribution in [0.5, 0.6) is 5.75 Å². The second kappa shape index (κ2) is 6.82. The summed E-state index contributed by atoms with van der Waals surface area (Å²) in [6, 6.07) is 10.2. The summed E-state index contributed by atoms with van der Waals surface area (Å²) in [6.07, 6.45) is 7.17. The Kier molecular flexibility index (Phi) is 4.59. The van der Waals surface area contributed by atoms with Gasteiger partial charge in [0.1, 0.15) is 12.4 Å². The van der Waals surface area contributed by atoms with Crippen LogP contribution >= 0.6 is 0 Å². The molecule has 126 valence electrons. The molecule has 1 aliphatic carbocycles. The number of ether oxygens (including phenoxy) is 1. The minimum atomic E-state index is 0.583. The van der Waals surface area contributed by atoms with E-state index >= 15 is 0 Å². The van der Waals surface area contributed by atoms with Gasteiger partial charge in [0, 0.05) is 26.2 Å². The Hall–Kier alpha value is -1.06. The quantitative estimate of drug-likeness (QED) is 0.801. The summed E-state index contributed by atoms with van der Waals surface area (Å²) < 4.78 is 5.89. The SMILES string of the molecule is c1ccc(OCCN2CCC[C@@]3(CCN(CC4CC4)C3)C2)cc1. The van der Waals surface area contributed by atoms with Gasteiger partial charge in [-0.2, -0.15) is 0 Å². The largest absolute Gasteiger partial charge is 0.492 e. The third kappa shape index (κ3) is 4.07. The van der Waals surface area contributed by atoms with Gasteiger partial charge >= 0.3 is 0 Å². The zero-order valence-corrected chi connectivity index (χ0v) is 14.3. The highest BCUT2D eigenvalue weighted by Crippen LogP contribution is 2.40. The van der Waals surface area contributed by atoms with E-state index < -0.39 is 0 Å². The summed E-state index contributed by atoms with van der Waals surface area (Å²) in [5, 5.41) is 0. The summed E-state index contributed by atoms with van der Waals surface area (Å²) in [5.41, 5.74) is 0.583. The predicted octanol–water partition coefficient (Wildman–Crippen LogP) is 3.26. The Bertz CT molecular complexity index is 502. The van der Waals surface area contributed by atoms with E-state index in [9.17, 15) is 0 Å². The van der Waals surface area contributed by atoms with E-state index in [2.05, 4.69) is 9.80 Å². The Morgan fingerprint density at radius 1 is 1.00 bits per heavy atom. The first kappa shape index (κ1) is 15.5. The van der Waals surface area contributed by atoms with Gasteiger partial charge in [-0.05, 0) is 68.7 Å². The first-order valence-corrected chi connectivity index (χ1v) is 9.44. The van der Waals surface area contributed by atoms with E-state index in [1.807, 2.05) is 30.3 Å². The van der Waals surface area contributed by atoms with Crippen LogP contribution in [0, 0.1) is 11.3 Å². The molecule has 1 aromatic rings. The summed E-state index contributed by atoms with van der Waals surface area (Å²) in [6.45, 7) is 8.48. The molecule has 3 fully saturated rings. The minimum Gasteiger partial charge on any atom is -0.492 e. The number of hydrogen-bond donors (Lipinski definition) is 0. The topological polar surface area (TPSA) is 15.7 Å². The molecule has 3 nitrogen and oxygen atoms in total. The number of para-hydroxylation sites is 1. The number of hydrogen-bond acceptors (Lipinski definition) is 3. The molecule has 1 spiro atoms. The van der Waals surface area contributed by atoms with Crippen molar-refractivity contribution in [3.8, 4) is 5.75 Å². The molecular weight excluding hydrogens is 284 g/mol. The highest BCUT2D eigenvalue weighted by atomic mass is 16.5. The molecule has 1 saturated carbocycles. The average Bonchev–Trinajstić information content (AvgIpc) is 3.31. The van der Waals surface area contributed by atoms with Crippen molar-refractivity contribution in [2.75, 3.05) is 45.9 Å². The van der Waals surface area contributed by atoms with E-state index in [1.165, 1.54) is 64.8 Å². The lowest BCUT2D eigenvalue weighted by molar-refractivity contribution is 0.0807. The summed E-state index contributed by atoms with van der Waals surface area (Å²) in [4.78, 5) is 5.40. The molecule has 2 saturated heterocycles. The van der Waals surface area contributed by atoms with Crippen LogP contribution in [0.1, 0.15) is 32.1 Å². The van der Waals surface area contributed by atoms with E-state index in [0.29, 0.717) is 5.41 Å². The van der Waals surface area contributed by atoms with Gasteiger partial charge < -0.3 is 9.64 Å². The van der Waals surface area contributed by atoms with Crippen LogP contribution in [0.2, 0.25) is 0 Å². The fourth-order valence-corrected chi connectivity index (χ4v) is 4.49. The van der Waals surface area contributed by atoms with Crippen molar-refractivity contribution in [2.24, 2.45) is 11.3 Å². The van der Waals surface area contributed by atoms with E-state index in [-0.39, 0.29) is 0 Å². The molecule has 0 bridgehead atoms. The Morgan fingerprint density at radius 3 is 2.65 bits per heavy atom. The van der Waals surface area contributed by atoms with Gasteiger partial charge in [-0.3, -0.25) is 4.90 Å². The van der Waals surface area contributed by atoms with Crippen LogP contribution in [-0.4, -0.2) is 55.7 Å². The predicted molar refractivity (Wildman–Crippen MR) is 93.8 cm³/mol. The zero-order chi connectivity index (χ0) is 15.5. The number of benzene rings is 1.